The summed E-state index contributed by atoms with van der Waals surface area (Å²) in [6.07, 6.45) is -0.933. The highest BCUT2D eigenvalue weighted by atomic mass is 16.5. The Morgan fingerprint density at radius 2 is 1.63 bits per heavy atom. The maximum atomic E-state index is 12.6. The lowest BCUT2D eigenvalue weighted by molar-refractivity contribution is -0.123. The second-order valence-electron chi connectivity index (χ2n) is 6.94. The Morgan fingerprint density at radius 3 is 2.33 bits per heavy atom. The molecule has 3 aromatic carbocycles. The predicted octanol–water partition coefficient (Wildman–Crippen LogP) is 4.52. The Bertz CT molecular complexity index is 1200. The fourth-order valence-corrected chi connectivity index (χ4v) is 3.28. The van der Waals surface area contributed by atoms with Crippen LogP contribution in [0.2, 0.25) is 0 Å². The molecule has 0 saturated heterocycles. The first kappa shape index (κ1) is 19.4. The normalized spacial score (nSPS) is 11.8. The van der Waals surface area contributed by atoms with Gasteiger partial charge in [0.15, 0.2) is 6.10 Å². The average Bonchev–Trinajstić information content (AvgIpc) is 3.09. The van der Waals surface area contributed by atoms with Crippen LogP contribution >= 0.6 is 0 Å². The molecule has 0 fully saturated rings. The lowest BCUT2D eigenvalue weighted by Gasteiger charge is -2.13. The molecule has 1 N–H and O–H groups in total. The van der Waals surface area contributed by atoms with Crippen molar-refractivity contribution in [1.29, 1.82) is 0 Å². The van der Waals surface area contributed by atoms with Gasteiger partial charge >= 0.3 is 5.97 Å². The molecule has 0 aliphatic heterocycles. The number of hydrogen-bond acceptors (Lipinski definition) is 4. The van der Waals surface area contributed by atoms with Crippen LogP contribution in [0.3, 0.4) is 0 Å². The lowest BCUT2D eigenvalue weighted by Crippen LogP contribution is -2.29. The summed E-state index contributed by atoms with van der Waals surface area (Å²) in [6, 6.07) is 24.1. The molecular weight excluding hydrogens is 378 g/mol. The largest absolute Gasteiger partial charge is 0.449 e. The number of fused-ring (bicyclic) bond motifs is 1. The number of amides is 1. The highest BCUT2D eigenvalue weighted by Gasteiger charge is 2.20. The van der Waals surface area contributed by atoms with Gasteiger partial charge in [0, 0.05) is 11.4 Å². The van der Waals surface area contributed by atoms with Gasteiger partial charge in [-0.25, -0.2) is 9.78 Å². The van der Waals surface area contributed by atoms with E-state index in [2.05, 4.69) is 10.3 Å². The van der Waals surface area contributed by atoms with Crippen molar-refractivity contribution in [1.82, 2.24) is 9.55 Å². The molecule has 1 amide bonds. The average molecular weight is 399 g/mol. The number of nitrogens with one attached hydrogen (secondary N) is 1. The molecule has 4 aromatic rings. The number of imidazole rings is 1. The number of aryl methyl sites for hydroxylation is 1. The van der Waals surface area contributed by atoms with Gasteiger partial charge in [-0.1, -0.05) is 36.4 Å². The summed E-state index contributed by atoms with van der Waals surface area (Å²) in [7, 11) is 0. The summed E-state index contributed by atoms with van der Waals surface area (Å²) >= 11 is 0. The van der Waals surface area contributed by atoms with Crippen molar-refractivity contribution < 1.29 is 14.3 Å². The van der Waals surface area contributed by atoms with Crippen LogP contribution in [-0.4, -0.2) is 27.5 Å². The number of benzene rings is 3. The highest BCUT2D eigenvalue weighted by molar-refractivity contribution is 5.98. The second-order valence-corrected chi connectivity index (χ2v) is 6.94. The number of nitrogens with zero attached hydrogens (tertiary/aromatic N) is 2. The maximum Gasteiger partial charge on any atom is 0.338 e. The van der Waals surface area contributed by atoms with Gasteiger partial charge in [0.05, 0.1) is 16.6 Å². The van der Waals surface area contributed by atoms with Crippen LogP contribution in [0.25, 0.3) is 16.7 Å². The van der Waals surface area contributed by atoms with Gasteiger partial charge in [-0.3, -0.25) is 9.36 Å². The molecule has 0 spiro atoms. The number of esters is 1. The molecule has 0 radical (unpaired) electrons. The van der Waals surface area contributed by atoms with Crippen LogP contribution in [0.4, 0.5) is 5.69 Å². The summed E-state index contributed by atoms with van der Waals surface area (Å²) in [5.74, 6) is -0.142. The molecule has 30 heavy (non-hydrogen) atoms. The third kappa shape index (κ3) is 3.93. The van der Waals surface area contributed by atoms with Crippen molar-refractivity contribution >= 4 is 28.6 Å². The SMILES string of the molecule is Cc1nc2cc(C(=O)O[C@@H](C)C(=O)Nc3ccccc3)ccc2n1-c1ccccc1. The predicted molar refractivity (Wildman–Crippen MR) is 116 cm³/mol. The molecular formula is C24H21N3O3. The number of anilines is 1. The van der Waals surface area contributed by atoms with Crippen molar-refractivity contribution in [3.05, 3.63) is 90.3 Å². The van der Waals surface area contributed by atoms with E-state index in [9.17, 15) is 9.59 Å². The molecule has 0 unspecified atom stereocenters. The Kier molecular flexibility index (Phi) is 5.30. The van der Waals surface area contributed by atoms with Gasteiger partial charge in [0.2, 0.25) is 0 Å². The van der Waals surface area contributed by atoms with Crippen molar-refractivity contribution in [2.24, 2.45) is 0 Å². The third-order valence-electron chi connectivity index (χ3n) is 4.77. The number of rotatable bonds is 5. The van der Waals surface area contributed by atoms with Crippen LogP contribution in [-0.2, 0) is 9.53 Å². The van der Waals surface area contributed by atoms with Crippen LogP contribution < -0.4 is 5.32 Å². The highest BCUT2D eigenvalue weighted by Crippen LogP contribution is 2.23. The fraction of sp³-hybridized carbons (Fsp3) is 0.125. The summed E-state index contributed by atoms with van der Waals surface area (Å²) in [5, 5.41) is 2.73. The minimum atomic E-state index is -0.933. The smallest absolute Gasteiger partial charge is 0.338 e. The van der Waals surface area contributed by atoms with Crippen LogP contribution in [0.1, 0.15) is 23.1 Å². The van der Waals surface area contributed by atoms with Gasteiger partial charge in [-0.2, -0.15) is 0 Å². The van der Waals surface area contributed by atoms with Crippen molar-refractivity contribution in [3.63, 3.8) is 0 Å². The molecule has 4 rings (SSSR count). The van der Waals surface area contributed by atoms with Gasteiger partial charge in [-0.15, -0.1) is 0 Å². The zero-order valence-electron chi connectivity index (χ0n) is 16.7. The molecule has 1 heterocycles. The zero-order chi connectivity index (χ0) is 21.1. The van der Waals surface area contributed by atoms with Gasteiger partial charge in [-0.05, 0) is 56.3 Å². The molecule has 6 heteroatoms. The van der Waals surface area contributed by atoms with Crippen LogP contribution in [0.15, 0.2) is 78.9 Å². The molecule has 6 nitrogen and oxygen atoms in total. The second kappa shape index (κ2) is 8.21. The fourth-order valence-electron chi connectivity index (χ4n) is 3.28. The Hall–Kier alpha value is -3.93. The summed E-state index contributed by atoms with van der Waals surface area (Å²) in [6.45, 7) is 3.46. The van der Waals surface area contributed by atoms with Gasteiger partial charge in [0.1, 0.15) is 5.82 Å². The van der Waals surface area contributed by atoms with Crippen molar-refractivity contribution in [3.8, 4) is 5.69 Å². The third-order valence-corrected chi connectivity index (χ3v) is 4.77. The number of carbonyl (C=O) groups excluding carboxylic acids is 2. The number of aromatic nitrogens is 2. The standard InChI is InChI=1S/C24H21N3O3/c1-16(23(28)26-19-9-5-3-6-10-19)30-24(29)18-13-14-22-21(15-18)25-17(2)27(22)20-11-7-4-8-12-20/h3-16H,1-2H3,(H,26,28)/t16-/m0/s1. The summed E-state index contributed by atoms with van der Waals surface area (Å²) in [5.41, 5.74) is 3.57. The number of carbonyl (C=O) groups is 2. The van der Waals surface area contributed by atoms with E-state index in [1.165, 1.54) is 0 Å². The van der Waals surface area contributed by atoms with Crippen LogP contribution in [0, 0.1) is 6.92 Å². The van der Waals surface area contributed by atoms with E-state index in [0.717, 1.165) is 17.0 Å². The van der Waals surface area contributed by atoms with E-state index in [0.29, 0.717) is 16.8 Å². The summed E-state index contributed by atoms with van der Waals surface area (Å²) in [4.78, 5) is 29.5. The number of para-hydroxylation sites is 2. The molecule has 0 aliphatic rings. The topological polar surface area (TPSA) is 73.2 Å². The minimum Gasteiger partial charge on any atom is -0.449 e. The van der Waals surface area contributed by atoms with E-state index >= 15 is 0 Å². The zero-order valence-corrected chi connectivity index (χ0v) is 16.7. The Labute approximate surface area is 174 Å². The van der Waals surface area contributed by atoms with E-state index in [4.69, 9.17) is 4.74 Å². The van der Waals surface area contributed by atoms with Gasteiger partial charge < -0.3 is 10.1 Å². The first-order valence-electron chi connectivity index (χ1n) is 9.64. The van der Waals surface area contributed by atoms with Crippen LogP contribution in [0.5, 0.6) is 0 Å². The van der Waals surface area contributed by atoms with Gasteiger partial charge in [0.25, 0.3) is 5.91 Å². The molecule has 0 bridgehead atoms. The summed E-state index contributed by atoms with van der Waals surface area (Å²) < 4.78 is 7.38. The van der Waals surface area contributed by atoms with E-state index in [-0.39, 0.29) is 5.91 Å². The molecule has 1 aromatic heterocycles. The van der Waals surface area contributed by atoms with Crippen molar-refractivity contribution in [2.75, 3.05) is 5.32 Å². The lowest BCUT2D eigenvalue weighted by atomic mass is 10.2. The van der Waals surface area contributed by atoms with E-state index < -0.39 is 12.1 Å². The molecule has 150 valence electrons. The quantitative estimate of drug-likeness (QED) is 0.501. The Balaban J connectivity index is 1.52. The van der Waals surface area contributed by atoms with E-state index in [1.807, 2.05) is 66.1 Å². The molecule has 0 aliphatic carbocycles. The number of hydrogen-bond donors (Lipinski definition) is 1. The number of ether oxygens (including phenoxy) is 1. The van der Waals surface area contributed by atoms with Crippen molar-refractivity contribution in [2.45, 2.75) is 20.0 Å². The monoisotopic (exact) mass is 399 g/mol. The first-order chi connectivity index (χ1) is 14.5. The first-order valence-corrected chi connectivity index (χ1v) is 9.64. The molecule has 0 saturated carbocycles. The van der Waals surface area contributed by atoms with E-state index in [1.54, 1.807) is 31.2 Å². The minimum absolute atomic E-state index is 0.347. The molecule has 1 atom stereocenters. The maximum absolute atomic E-state index is 12.6. The Morgan fingerprint density at radius 1 is 0.967 bits per heavy atom.